The number of hydrogen-bond acceptors (Lipinski definition) is 4. The van der Waals surface area contributed by atoms with Crippen molar-refractivity contribution in [2.75, 3.05) is 50.0 Å². The first-order valence-corrected chi connectivity index (χ1v) is 11.2. The number of benzene rings is 2. The van der Waals surface area contributed by atoms with Crippen molar-refractivity contribution in [3.63, 3.8) is 0 Å². The molecule has 2 heterocycles. The van der Waals surface area contributed by atoms with Gasteiger partial charge >= 0.3 is 0 Å². The lowest BCUT2D eigenvalue weighted by atomic mass is 9.98. The Labute approximate surface area is 181 Å². The van der Waals surface area contributed by atoms with Crippen molar-refractivity contribution in [1.82, 2.24) is 4.90 Å². The van der Waals surface area contributed by atoms with Crippen LogP contribution in [-0.2, 0) is 9.53 Å². The number of rotatable bonds is 5. The van der Waals surface area contributed by atoms with Crippen molar-refractivity contribution < 1.29 is 9.53 Å². The third kappa shape index (κ3) is 7.15. The summed E-state index contributed by atoms with van der Waals surface area (Å²) in [6.45, 7) is 14.1. The van der Waals surface area contributed by atoms with Crippen molar-refractivity contribution in [1.29, 1.82) is 0 Å². The molecule has 1 fully saturated rings. The molecule has 5 nitrogen and oxygen atoms in total. The fourth-order valence-electron chi connectivity index (χ4n) is 3.54. The van der Waals surface area contributed by atoms with E-state index >= 15 is 0 Å². The van der Waals surface area contributed by atoms with Gasteiger partial charge in [0.05, 0.1) is 19.1 Å². The number of amides is 1. The summed E-state index contributed by atoms with van der Waals surface area (Å²) in [6, 6.07) is 16.4. The first-order valence-electron chi connectivity index (χ1n) is 11.2. The van der Waals surface area contributed by atoms with E-state index < -0.39 is 0 Å². The van der Waals surface area contributed by atoms with E-state index in [4.69, 9.17) is 4.74 Å². The molecule has 1 saturated heterocycles. The second-order valence-corrected chi connectivity index (χ2v) is 7.28. The third-order valence-electron chi connectivity index (χ3n) is 5.23. The van der Waals surface area contributed by atoms with Crippen LogP contribution in [0.4, 0.5) is 11.4 Å². The maximum absolute atomic E-state index is 11.4. The van der Waals surface area contributed by atoms with Gasteiger partial charge < -0.3 is 15.4 Å². The van der Waals surface area contributed by atoms with Crippen molar-refractivity contribution >= 4 is 17.3 Å². The number of carbonyl (C=O) groups is 1. The molecule has 2 aliphatic heterocycles. The molecule has 1 amide bonds. The molecule has 30 heavy (non-hydrogen) atoms. The zero-order valence-electron chi connectivity index (χ0n) is 18.9. The largest absolute Gasteiger partial charge is 0.384 e. The molecule has 2 aliphatic rings. The van der Waals surface area contributed by atoms with Gasteiger partial charge in [-0.3, -0.25) is 9.69 Å². The van der Waals surface area contributed by atoms with Gasteiger partial charge in [0, 0.05) is 37.6 Å². The van der Waals surface area contributed by atoms with Gasteiger partial charge in [-0.25, -0.2) is 0 Å². The number of carbonyl (C=O) groups excluding carboxylic acids is 1. The Morgan fingerprint density at radius 2 is 1.73 bits per heavy atom. The molecule has 4 rings (SSSR count). The van der Waals surface area contributed by atoms with Crippen LogP contribution in [0.1, 0.15) is 44.2 Å². The van der Waals surface area contributed by atoms with Gasteiger partial charge in [-0.2, -0.15) is 0 Å². The van der Waals surface area contributed by atoms with Crippen molar-refractivity contribution in [2.45, 2.75) is 40.0 Å². The summed E-state index contributed by atoms with van der Waals surface area (Å²) in [6.07, 6.45) is 0.878. The topological polar surface area (TPSA) is 53.6 Å². The fourth-order valence-corrected chi connectivity index (χ4v) is 3.54. The van der Waals surface area contributed by atoms with Gasteiger partial charge in [-0.15, -0.1) is 0 Å². The lowest BCUT2D eigenvalue weighted by molar-refractivity contribution is -0.117. The van der Waals surface area contributed by atoms with E-state index in [0.29, 0.717) is 0 Å². The quantitative estimate of drug-likeness (QED) is 0.735. The number of para-hydroxylation sites is 1. The van der Waals surface area contributed by atoms with E-state index in [1.807, 2.05) is 45.0 Å². The average Bonchev–Trinajstić information content (AvgIpc) is 3.12. The van der Waals surface area contributed by atoms with Crippen molar-refractivity contribution in [3.05, 3.63) is 59.7 Å². The zero-order valence-corrected chi connectivity index (χ0v) is 18.9. The van der Waals surface area contributed by atoms with Crippen LogP contribution in [0.3, 0.4) is 0 Å². The molecule has 0 aliphatic carbocycles. The summed E-state index contributed by atoms with van der Waals surface area (Å²) in [5, 5.41) is 6.30. The maximum atomic E-state index is 11.4. The van der Waals surface area contributed by atoms with Crippen LogP contribution < -0.4 is 10.6 Å². The van der Waals surface area contributed by atoms with Crippen LogP contribution in [0, 0.1) is 6.92 Å². The monoisotopic (exact) mass is 411 g/mol. The minimum atomic E-state index is 0.0706. The molecule has 1 unspecified atom stereocenters. The summed E-state index contributed by atoms with van der Waals surface area (Å²) in [5.41, 5.74) is 4.64. The molecule has 2 aromatic carbocycles. The summed E-state index contributed by atoms with van der Waals surface area (Å²) in [5.74, 6) is 0.208. The van der Waals surface area contributed by atoms with Crippen LogP contribution in [0.15, 0.2) is 48.5 Å². The highest BCUT2D eigenvalue weighted by Gasteiger charge is 2.27. The Morgan fingerprint density at radius 1 is 1.07 bits per heavy atom. The molecule has 0 radical (unpaired) electrons. The lowest BCUT2D eigenvalue weighted by Gasteiger charge is -2.26. The summed E-state index contributed by atoms with van der Waals surface area (Å²) in [7, 11) is 0. The second kappa shape index (κ2) is 13.0. The number of ether oxygens (including phenoxy) is 1. The highest BCUT2D eigenvalue weighted by Crippen LogP contribution is 2.33. The number of morpholine rings is 1. The lowest BCUT2D eigenvalue weighted by Crippen LogP contribution is -2.38. The van der Waals surface area contributed by atoms with E-state index in [2.05, 4.69) is 46.7 Å². The smallest absolute Gasteiger partial charge is 0.231 e. The van der Waals surface area contributed by atoms with Crippen LogP contribution >= 0.6 is 0 Å². The second-order valence-electron chi connectivity index (χ2n) is 7.28. The Bertz CT molecular complexity index is 755. The van der Waals surface area contributed by atoms with Crippen LogP contribution in [0.5, 0.6) is 0 Å². The highest BCUT2D eigenvalue weighted by atomic mass is 16.5. The Morgan fingerprint density at radius 3 is 2.40 bits per heavy atom. The molecule has 0 aromatic heterocycles. The molecule has 5 heteroatoms. The minimum Gasteiger partial charge on any atom is -0.384 e. The molecule has 2 aromatic rings. The molecular formula is C25H37N3O2. The number of nitrogens with zero attached hydrogens (tertiary/aromatic N) is 1. The first-order chi connectivity index (χ1) is 14.7. The molecule has 0 bridgehead atoms. The van der Waals surface area contributed by atoms with E-state index in [0.717, 1.165) is 57.1 Å². The van der Waals surface area contributed by atoms with Crippen LogP contribution in [0.25, 0.3) is 0 Å². The summed E-state index contributed by atoms with van der Waals surface area (Å²) >= 11 is 0. The van der Waals surface area contributed by atoms with E-state index in [1.165, 1.54) is 11.3 Å². The summed E-state index contributed by atoms with van der Waals surface area (Å²) in [4.78, 5) is 13.8. The van der Waals surface area contributed by atoms with Crippen LogP contribution in [-0.4, -0.2) is 50.2 Å². The Kier molecular flexibility index (Phi) is 10.4. The maximum Gasteiger partial charge on any atom is 0.231 e. The van der Waals surface area contributed by atoms with E-state index in [-0.39, 0.29) is 11.8 Å². The number of aryl methyl sites for hydroxylation is 1. The standard InChI is InChI=1S/C13H20N2O.C10H11NO.C2H6/c1-12-2-4-13(5-3-12)14-6-7-15-8-10-16-11-9-15;1-2-7-8-5-3-4-6-9(8)11-10(7)12;1-2/h2-5,14H,6-11H2,1H3;3-7H,2H2,1H3,(H,11,12);1-2H3. The van der Waals surface area contributed by atoms with Gasteiger partial charge in [0.2, 0.25) is 5.91 Å². The number of hydrogen-bond donors (Lipinski definition) is 2. The van der Waals surface area contributed by atoms with E-state index in [1.54, 1.807) is 0 Å². The molecule has 0 saturated carbocycles. The molecule has 164 valence electrons. The van der Waals surface area contributed by atoms with E-state index in [9.17, 15) is 4.79 Å². The molecule has 1 atom stereocenters. The minimum absolute atomic E-state index is 0.0706. The summed E-state index contributed by atoms with van der Waals surface area (Å²) < 4.78 is 5.32. The number of anilines is 2. The Balaban J connectivity index is 0.000000204. The molecule has 2 N–H and O–H groups in total. The Hall–Kier alpha value is -2.37. The highest BCUT2D eigenvalue weighted by molar-refractivity contribution is 6.02. The average molecular weight is 412 g/mol. The predicted molar refractivity (Wildman–Crippen MR) is 126 cm³/mol. The van der Waals surface area contributed by atoms with Crippen molar-refractivity contribution in [3.8, 4) is 0 Å². The zero-order chi connectivity index (χ0) is 21.8. The number of fused-ring (bicyclic) bond motifs is 1. The van der Waals surface area contributed by atoms with Gasteiger partial charge in [0.15, 0.2) is 0 Å². The fraction of sp³-hybridized carbons (Fsp3) is 0.480. The first kappa shape index (κ1) is 23.9. The normalized spacial score (nSPS) is 17.6. The molecular weight excluding hydrogens is 374 g/mol. The third-order valence-corrected chi connectivity index (χ3v) is 5.23. The van der Waals surface area contributed by atoms with Crippen LogP contribution in [0.2, 0.25) is 0 Å². The number of nitrogens with one attached hydrogen (secondary N) is 2. The van der Waals surface area contributed by atoms with Gasteiger partial charge in [-0.05, 0) is 37.1 Å². The van der Waals surface area contributed by atoms with Crippen molar-refractivity contribution in [2.24, 2.45) is 0 Å². The molecule has 0 spiro atoms. The predicted octanol–water partition coefficient (Wildman–Crippen LogP) is 4.90. The SMILES string of the molecule is CC.CCC1C(=O)Nc2ccccc21.Cc1ccc(NCCN2CCOCC2)cc1. The van der Waals surface area contributed by atoms with Gasteiger partial charge in [-0.1, -0.05) is 56.7 Å². The van der Waals surface area contributed by atoms with Gasteiger partial charge in [0.25, 0.3) is 0 Å². The van der Waals surface area contributed by atoms with Gasteiger partial charge in [0.1, 0.15) is 0 Å².